The van der Waals surface area contributed by atoms with Crippen LogP contribution in [0.2, 0.25) is 0 Å². The second-order valence-corrected chi connectivity index (χ2v) is 10.9. The van der Waals surface area contributed by atoms with E-state index in [2.05, 4.69) is 48.3 Å². The van der Waals surface area contributed by atoms with Crippen molar-refractivity contribution in [1.29, 1.82) is 0 Å². The summed E-state index contributed by atoms with van der Waals surface area (Å²) in [5, 5.41) is 2.50. The number of benzene rings is 1. The number of nitrogens with zero attached hydrogens (tertiary/aromatic N) is 1. The van der Waals surface area contributed by atoms with Crippen molar-refractivity contribution in [2.45, 2.75) is 75.4 Å². The largest absolute Gasteiger partial charge is 0.359 e. The van der Waals surface area contributed by atoms with Crippen LogP contribution < -0.4 is 0 Å². The molecule has 7 rings (SSSR count). The number of hydrogen-bond donors (Lipinski definition) is 0. The molecule has 2 aliphatic heterocycles. The zero-order chi connectivity index (χ0) is 20.8. The van der Waals surface area contributed by atoms with Crippen molar-refractivity contribution in [3.05, 3.63) is 65.5 Å². The molecule has 5 aliphatic rings. The highest BCUT2D eigenvalue weighted by Gasteiger charge is 2.66. The number of aromatic nitrogens is 1. The number of carbonyl (C=O) groups is 1. The summed E-state index contributed by atoms with van der Waals surface area (Å²) in [5.74, 6) is 1.44. The normalized spacial score (nSPS) is 40.7. The van der Waals surface area contributed by atoms with Gasteiger partial charge in [0.1, 0.15) is 5.78 Å². The number of allylic oxidation sites excluding steroid dienone is 1. The van der Waals surface area contributed by atoms with Gasteiger partial charge in [0.05, 0.1) is 11.2 Å². The minimum absolute atomic E-state index is 0.179. The molecule has 3 fully saturated rings. The Morgan fingerprint density at radius 1 is 1.10 bits per heavy atom. The van der Waals surface area contributed by atoms with E-state index in [0.29, 0.717) is 30.5 Å². The zero-order valence-electron chi connectivity index (χ0n) is 18.2. The second kappa shape index (κ2) is 5.95. The van der Waals surface area contributed by atoms with Crippen molar-refractivity contribution in [1.82, 2.24) is 4.98 Å². The molecule has 0 radical (unpaired) electrons. The van der Waals surface area contributed by atoms with Gasteiger partial charge in [-0.2, -0.15) is 0 Å². The lowest BCUT2D eigenvalue weighted by Gasteiger charge is -2.53. The standard InChI is InChI=1S/C28H29NO2/c1-26-10-8-22-15-21-4-5-23(30)16-27(21)11-12-28(22,31-27)25(26)7-6-24(26)19-3-2-18-9-13-29-17-20(18)14-19/h2-3,8-9,13-15,17,24-25H,4-7,10-12,16H2,1H3/t24-,25-,26-,27?,28-/m1/s1. The first-order valence-electron chi connectivity index (χ1n) is 12.0. The SMILES string of the molecule is C[C@]12CC=C3C=C4CCC(=O)CC45CC[C@]3(O5)[C@@H]1CC[C@@H]2c1ccc2ccncc2c1. The summed E-state index contributed by atoms with van der Waals surface area (Å²) < 4.78 is 7.12. The molecule has 2 saturated carbocycles. The van der Waals surface area contributed by atoms with Gasteiger partial charge < -0.3 is 4.74 Å². The van der Waals surface area contributed by atoms with Crippen LogP contribution in [0.5, 0.6) is 0 Å². The monoisotopic (exact) mass is 411 g/mol. The van der Waals surface area contributed by atoms with Crippen molar-refractivity contribution < 1.29 is 9.53 Å². The van der Waals surface area contributed by atoms with E-state index >= 15 is 0 Å². The second-order valence-electron chi connectivity index (χ2n) is 10.9. The van der Waals surface area contributed by atoms with Crippen LogP contribution >= 0.6 is 0 Å². The van der Waals surface area contributed by atoms with E-state index in [1.807, 2.05) is 12.4 Å². The molecular weight excluding hydrogens is 382 g/mol. The van der Waals surface area contributed by atoms with E-state index < -0.39 is 0 Å². The van der Waals surface area contributed by atoms with Crippen LogP contribution in [0.15, 0.2) is 60.0 Å². The Balaban J connectivity index is 1.31. The van der Waals surface area contributed by atoms with E-state index in [4.69, 9.17) is 4.74 Å². The maximum atomic E-state index is 12.4. The van der Waals surface area contributed by atoms with Gasteiger partial charge in [-0.25, -0.2) is 0 Å². The van der Waals surface area contributed by atoms with Crippen molar-refractivity contribution in [2.24, 2.45) is 11.3 Å². The summed E-state index contributed by atoms with van der Waals surface area (Å²) in [6.07, 6.45) is 16.6. The molecule has 1 saturated heterocycles. The number of ketones is 1. The smallest absolute Gasteiger partial charge is 0.136 e. The van der Waals surface area contributed by atoms with Gasteiger partial charge in [-0.15, -0.1) is 0 Å². The van der Waals surface area contributed by atoms with Crippen LogP contribution in [0.4, 0.5) is 0 Å². The van der Waals surface area contributed by atoms with Crippen molar-refractivity contribution in [3.63, 3.8) is 0 Å². The third-order valence-electron chi connectivity index (χ3n) is 9.57. The van der Waals surface area contributed by atoms with Crippen LogP contribution in [0.1, 0.15) is 69.8 Å². The number of pyridine rings is 1. The molecule has 1 unspecified atom stereocenters. The first-order chi connectivity index (χ1) is 15.0. The van der Waals surface area contributed by atoms with Crippen LogP contribution in [-0.2, 0) is 9.53 Å². The fraction of sp³-hybridized carbons (Fsp3) is 0.500. The predicted octanol–water partition coefficient (Wildman–Crippen LogP) is 6.05. The Kier molecular flexibility index (Phi) is 3.52. The summed E-state index contributed by atoms with van der Waals surface area (Å²) in [4.78, 5) is 16.7. The fourth-order valence-electron chi connectivity index (χ4n) is 8.09. The number of Topliss-reactive ketones (excluding diaryl/α,β-unsaturated/α-hetero) is 1. The predicted molar refractivity (Wildman–Crippen MR) is 121 cm³/mol. The Morgan fingerprint density at radius 2 is 2.03 bits per heavy atom. The van der Waals surface area contributed by atoms with Crippen LogP contribution in [0.25, 0.3) is 10.8 Å². The number of rotatable bonds is 1. The maximum absolute atomic E-state index is 12.4. The molecule has 2 spiro atoms. The molecule has 1 aromatic carbocycles. The molecule has 5 atom stereocenters. The van der Waals surface area contributed by atoms with E-state index in [9.17, 15) is 4.79 Å². The van der Waals surface area contributed by atoms with Crippen molar-refractivity contribution in [3.8, 4) is 0 Å². The van der Waals surface area contributed by atoms with Gasteiger partial charge in [0.2, 0.25) is 0 Å². The van der Waals surface area contributed by atoms with Crippen LogP contribution in [-0.4, -0.2) is 22.0 Å². The minimum atomic E-state index is -0.294. The van der Waals surface area contributed by atoms with Gasteiger partial charge in [0, 0.05) is 30.6 Å². The molecule has 158 valence electrons. The van der Waals surface area contributed by atoms with Crippen LogP contribution in [0.3, 0.4) is 0 Å². The number of hydrogen-bond acceptors (Lipinski definition) is 3. The molecule has 0 amide bonds. The molecule has 0 N–H and O–H groups in total. The van der Waals surface area contributed by atoms with Crippen LogP contribution in [0, 0.1) is 11.3 Å². The fourth-order valence-corrected chi connectivity index (χ4v) is 8.09. The van der Waals surface area contributed by atoms with Gasteiger partial charge >= 0.3 is 0 Å². The molecule has 1 aromatic heterocycles. The van der Waals surface area contributed by atoms with E-state index in [1.54, 1.807) is 0 Å². The number of carbonyl (C=O) groups excluding carboxylic acids is 1. The molecule has 2 aromatic rings. The topological polar surface area (TPSA) is 39.2 Å². The Morgan fingerprint density at radius 3 is 2.97 bits per heavy atom. The Hall–Kier alpha value is -2.26. The lowest BCUT2D eigenvalue weighted by Crippen LogP contribution is -2.53. The van der Waals surface area contributed by atoms with E-state index in [1.165, 1.54) is 40.3 Å². The lowest BCUT2D eigenvalue weighted by atomic mass is 9.58. The summed E-state index contributed by atoms with van der Waals surface area (Å²) in [5.41, 5.74) is 3.99. The van der Waals surface area contributed by atoms with Gasteiger partial charge in [-0.3, -0.25) is 9.78 Å². The lowest BCUT2D eigenvalue weighted by molar-refractivity contribution is -0.146. The van der Waals surface area contributed by atoms with E-state index in [0.717, 1.165) is 25.7 Å². The first kappa shape index (κ1) is 18.3. The van der Waals surface area contributed by atoms with Gasteiger partial charge in [0.15, 0.2) is 0 Å². The highest BCUT2D eigenvalue weighted by Crippen LogP contribution is 2.69. The van der Waals surface area contributed by atoms with Crippen molar-refractivity contribution in [2.75, 3.05) is 0 Å². The average Bonchev–Trinajstić information content (AvgIpc) is 3.28. The molecule has 3 nitrogen and oxygen atoms in total. The van der Waals surface area contributed by atoms with E-state index in [-0.39, 0.29) is 16.6 Å². The molecule has 3 heteroatoms. The summed E-state index contributed by atoms with van der Waals surface area (Å²) >= 11 is 0. The Bertz CT molecular complexity index is 1190. The number of fused-ring (bicyclic) bond motifs is 2. The van der Waals surface area contributed by atoms with Gasteiger partial charge in [-0.1, -0.05) is 31.2 Å². The molecule has 3 aliphatic carbocycles. The first-order valence-corrected chi connectivity index (χ1v) is 12.0. The highest BCUT2D eigenvalue weighted by atomic mass is 16.5. The molecule has 31 heavy (non-hydrogen) atoms. The Labute approximate surface area is 183 Å². The third-order valence-corrected chi connectivity index (χ3v) is 9.57. The molecular formula is C28H29NO2. The summed E-state index contributed by atoms with van der Waals surface area (Å²) in [6, 6.07) is 9.06. The van der Waals surface area contributed by atoms with Gasteiger partial charge in [-0.05, 0) is 90.0 Å². The average molecular weight is 412 g/mol. The highest BCUT2D eigenvalue weighted by molar-refractivity contribution is 5.83. The maximum Gasteiger partial charge on any atom is 0.136 e. The van der Waals surface area contributed by atoms with Crippen molar-refractivity contribution >= 4 is 16.6 Å². The zero-order valence-corrected chi connectivity index (χ0v) is 18.2. The molecule has 3 heterocycles. The number of ether oxygens (including phenoxy) is 1. The molecule has 2 bridgehead atoms. The quantitative estimate of drug-likeness (QED) is 0.574. The summed E-state index contributed by atoms with van der Waals surface area (Å²) in [7, 11) is 0. The minimum Gasteiger partial charge on any atom is -0.359 e. The summed E-state index contributed by atoms with van der Waals surface area (Å²) in [6.45, 7) is 2.50. The van der Waals surface area contributed by atoms with Gasteiger partial charge in [0.25, 0.3) is 0 Å². The third kappa shape index (κ3) is 2.28.